The molecule has 0 atom stereocenters. The van der Waals surface area contributed by atoms with Crippen LogP contribution in [-0.4, -0.2) is 13.5 Å². The van der Waals surface area contributed by atoms with Gasteiger partial charge in [0, 0.05) is 11.4 Å². The van der Waals surface area contributed by atoms with Gasteiger partial charge in [-0.2, -0.15) is 0 Å². The Bertz CT molecular complexity index is 665. The first kappa shape index (κ1) is 14.4. The van der Waals surface area contributed by atoms with Crippen molar-refractivity contribution in [2.24, 2.45) is 0 Å². The molecule has 0 saturated heterocycles. The molecule has 6 heteroatoms. The van der Waals surface area contributed by atoms with Crippen molar-refractivity contribution in [1.82, 2.24) is 0 Å². The average Bonchev–Trinajstić information content (AvgIpc) is 2.41. The summed E-state index contributed by atoms with van der Waals surface area (Å²) in [5.74, 6) is -0.116. The van der Waals surface area contributed by atoms with E-state index in [0.717, 1.165) is 5.56 Å². The molecule has 20 heavy (non-hydrogen) atoms. The Morgan fingerprint density at radius 3 is 2.05 bits per heavy atom. The molecule has 0 heterocycles. The largest absolute Gasteiger partial charge is 0.399 e. The lowest BCUT2D eigenvalue weighted by Gasteiger charge is -2.08. The van der Waals surface area contributed by atoms with Gasteiger partial charge in [0.2, 0.25) is 10.0 Å². The van der Waals surface area contributed by atoms with Crippen LogP contribution < -0.4 is 10.5 Å². The first-order valence-electron chi connectivity index (χ1n) is 6.03. The molecule has 0 aliphatic carbocycles. The van der Waals surface area contributed by atoms with E-state index in [4.69, 9.17) is 10.8 Å². The molecule has 2 aromatic rings. The van der Waals surface area contributed by atoms with Gasteiger partial charge >= 0.3 is 0 Å². The van der Waals surface area contributed by atoms with Crippen LogP contribution in [-0.2, 0) is 22.4 Å². The summed E-state index contributed by atoms with van der Waals surface area (Å²) in [5, 5.41) is 8.93. The molecular formula is C14H16N2O3S. The number of hydrogen-bond acceptors (Lipinski definition) is 4. The predicted octanol–water partition coefficient (Wildman–Crippen LogP) is 1.70. The Morgan fingerprint density at radius 2 is 1.50 bits per heavy atom. The number of aliphatic hydroxyl groups excluding tert-OH is 1. The summed E-state index contributed by atoms with van der Waals surface area (Å²) >= 11 is 0. The Labute approximate surface area is 118 Å². The summed E-state index contributed by atoms with van der Waals surface area (Å²) in [7, 11) is -3.47. The van der Waals surface area contributed by atoms with Crippen LogP contribution >= 0.6 is 0 Å². The monoisotopic (exact) mass is 292 g/mol. The highest BCUT2D eigenvalue weighted by Crippen LogP contribution is 2.15. The number of rotatable bonds is 5. The molecule has 2 rings (SSSR count). The van der Waals surface area contributed by atoms with Crippen molar-refractivity contribution in [3.05, 3.63) is 59.7 Å². The van der Waals surface area contributed by atoms with E-state index in [1.807, 2.05) is 0 Å². The fourth-order valence-corrected chi connectivity index (χ4v) is 2.93. The van der Waals surface area contributed by atoms with Crippen molar-refractivity contribution >= 4 is 21.4 Å². The van der Waals surface area contributed by atoms with Crippen LogP contribution in [0.2, 0.25) is 0 Å². The summed E-state index contributed by atoms with van der Waals surface area (Å²) in [5.41, 5.74) is 8.02. The van der Waals surface area contributed by atoms with Crippen LogP contribution in [0.1, 0.15) is 11.1 Å². The molecule has 0 bridgehead atoms. The zero-order valence-corrected chi connectivity index (χ0v) is 11.6. The molecule has 0 fully saturated rings. The topological polar surface area (TPSA) is 92.4 Å². The normalized spacial score (nSPS) is 11.2. The van der Waals surface area contributed by atoms with Crippen molar-refractivity contribution in [3.63, 3.8) is 0 Å². The first-order chi connectivity index (χ1) is 9.48. The Hall–Kier alpha value is -2.05. The van der Waals surface area contributed by atoms with Crippen molar-refractivity contribution in [1.29, 1.82) is 0 Å². The zero-order chi connectivity index (χ0) is 14.6. The Balaban J connectivity index is 2.08. The maximum Gasteiger partial charge on any atom is 0.236 e. The van der Waals surface area contributed by atoms with E-state index >= 15 is 0 Å². The molecule has 0 aliphatic heterocycles. The molecule has 106 valence electrons. The molecule has 0 unspecified atom stereocenters. The lowest BCUT2D eigenvalue weighted by Crippen LogP contribution is -2.15. The molecule has 5 nitrogen and oxygen atoms in total. The van der Waals surface area contributed by atoms with Crippen molar-refractivity contribution in [2.75, 3.05) is 10.5 Å². The fraction of sp³-hybridized carbons (Fsp3) is 0.143. The molecular weight excluding hydrogens is 276 g/mol. The van der Waals surface area contributed by atoms with Gasteiger partial charge < -0.3 is 10.8 Å². The van der Waals surface area contributed by atoms with E-state index in [0.29, 0.717) is 16.9 Å². The van der Waals surface area contributed by atoms with Gasteiger partial charge in [-0.3, -0.25) is 4.72 Å². The maximum atomic E-state index is 12.0. The molecule has 0 amide bonds. The molecule has 0 saturated carbocycles. The van der Waals surface area contributed by atoms with Gasteiger partial charge in [-0.05, 0) is 35.4 Å². The number of hydrogen-bond donors (Lipinski definition) is 3. The van der Waals surface area contributed by atoms with E-state index < -0.39 is 10.0 Å². The van der Waals surface area contributed by atoms with E-state index in [1.165, 1.54) is 0 Å². The van der Waals surface area contributed by atoms with Crippen LogP contribution in [0, 0.1) is 0 Å². The second kappa shape index (κ2) is 5.94. The molecule has 0 aromatic heterocycles. The Morgan fingerprint density at radius 1 is 0.950 bits per heavy atom. The molecule has 0 aliphatic rings. The summed E-state index contributed by atoms with van der Waals surface area (Å²) in [4.78, 5) is 0. The Kier molecular flexibility index (Phi) is 4.26. The number of sulfonamides is 1. The summed E-state index contributed by atoms with van der Waals surface area (Å²) in [6, 6.07) is 13.3. The zero-order valence-electron chi connectivity index (χ0n) is 10.8. The fourth-order valence-electron chi connectivity index (χ4n) is 1.73. The van der Waals surface area contributed by atoms with Crippen LogP contribution in [0.3, 0.4) is 0 Å². The first-order valence-corrected chi connectivity index (χ1v) is 7.68. The molecule has 2 aromatic carbocycles. The molecule has 0 spiro atoms. The quantitative estimate of drug-likeness (QED) is 0.731. The highest BCUT2D eigenvalue weighted by atomic mass is 32.2. The SMILES string of the molecule is Nc1ccc(CS(=O)(=O)Nc2ccc(CO)cc2)cc1. The van der Waals surface area contributed by atoms with Crippen LogP contribution in [0.5, 0.6) is 0 Å². The third kappa shape index (κ3) is 3.97. The van der Waals surface area contributed by atoms with Crippen LogP contribution in [0.25, 0.3) is 0 Å². The predicted molar refractivity (Wildman–Crippen MR) is 79.5 cm³/mol. The van der Waals surface area contributed by atoms with Gasteiger partial charge in [-0.15, -0.1) is 0 Å². The molecule has 4 N–H and O–H groups in total. The van der Waals surface area contributed by atoms with Gasteiger partial charge in [0.15, 0.2) is 0 Å². The van der Waals surface area contributed by atoms with Crippen molar-refractivity contribution < 1.29 is 13.5 Å². The number of anilines is 2. The van der Waals surface area contributed by atoms with E-state index in [9.17, 15) is 8.42 Å². The highest BCUT2D eigenvalue weighted by molar-refractivity contribution is 7.91. The third-order valence-electron chi connectivity index (χ3n) is 2.75. The van der Waals surface area contributed by atoms with Crippen LogP contribution in [0.4, 0.5) is 11.4 Å². The van der Waals surface area contributed by atoms with E-state index in [-0.39, 0.29) is 12.4 Å². The van der Waals surface area contributed by atoms with Crippen molar-refractivity contribution in [3.8, 4) is 0 Å². The number of benzene rings is 2. The molecule has 0 radical (unpaired) electrons. The number of nitrogen functional groups attached to an aromatic ring is 1. The number of nitrogens with two attached hydrogens (primary N) is 1. The lowest BCUT2D eigenvalue weighted by atomic mass is 10.2. The van der Waals surface area contributed by atoms with Crippen molar-refractivity contribution in [2.45, 2.75) is 12.4 Å². The third-order valence-corrected chi connectivity index (χ3v) is 4.01. The summed E-state index contributed by atoms with van der Waals surface area (Å²) in [6.07, 6.45) is 0. The summed E-state index contributed by atoms with van der Waals surface area (Å²) in [6.45, 7) is -0.0710. The van der Waals surface area contributed by atoms with Crippen LogP contribution in [0.15, 0.2) is 48.5 Å². The van der Waals surface area contributed by atoms with Gasteiger partial charge in [-0.1, -0.05) is 24.3 Å². The lowest BCUT2D eigenvalue weighted by molar-refractivity contribution is 0.282. The van der Waals surface area contributed by atoms with Gasteiger partial charge in [0.05, 0.1) is 12.4 Å². The standard InChI is InChI=1S/C14H16N2O3S/c15-13-5-1-12(2-6-13)10-20(18,19)16-14-7-3-11(9-17)4-8-14/h1-8,16-17H,9-10,15H2. The van der Waals surface area contributed by atoms with Gasteiger partial charge in [0.25, 0.3) is 0 Å². The highest BCUT2D eigenvalue weighted by Gasteiger charge is 2.11. The number of nitrogens with one attached hydrogen (secondary N) is 1. The van der Waals surface area contributed by atoms with Gasteiger partial charge in [0.1, 0.15) is 0 Å². The van der Waals surface area contributed by atoms with E-state index in [1.54, 1.807) is 48.5 Å². The minimum absolute atomic E-state index is 0.0710. The minimum atomic E-state index is -3.47. The smallest absolute Gasteiger partial charge is 0.236 e. The van der Waals surface area contributed by atoms with E-state index in [2.05, 4.69) is 4.72 Å². The number of aliphatic hydroxyl groups is 1. The maximum absolute atomic E-state index is 12.0. The second-order valence-corrected chi connectivity index (χ2v) is 6.18. The average molecular weight is 292 g/mol. The van der Waals surface area contributed by atoms with Gasteiger partial charge in [-0.25, -0.2) is 8.42 Å². The minimum Gasteiger partial charge on any atom is -0.399 e. The second-order valence-electron chi connectivity index (χ2n) is 4.46. The summed E-state index contributed by atoms with van der Waals surface area (Å²) < 4.78 is 26.5.